The van der Waals surface area contributed by atoms with Gasteiger partial charge in [0.2, 0.25) is 5.60 Å². The molecule has 5 heteroatoms. The number of hydrogen-bond acceptors (Lipinski definition) is 4. The van der Waals surface area contributed by atoms with Crippen molar-refractivity contribution in [1.82, 2.24) is 5.43 Å². The van der Waals surface area contributed by atoms with Crippen molar-refractivity contribution < 1.29 is 9.90 Å². The Morgan fingerprint density at radius 2 is 1.71 bits per heavy atom. The molecule has 0 aliphatic carbocycles. The summed E-state index contributed by atoms with van der Waals surface area (Å²) in [4.78, 5) is 13.4. The van der Waals surface area contributed by atoms with Gasteiger partial charge in [-0.25, -0.2) is 0 Å². The first-order valence-corrected chi connectivity index (χ1v) is 8.44. The van der Waals surface area contributed by atoms with Crippen molar-refractivity contribution in [3.8, 4) is 0 Å². The van der Waals surface area contributed by atoms with Crippen molar-refractivity contribution >= 4 is 22.9 Å². The highest BCUT2D eigenvalue weighted by Crippen LogP contribution is 2.33. The Bertz CT molecular complexity index is 818. The Kier molecular flexibility index (Phi) is 4.64. The molecule has 1 amide bonds. The van der Waals surface area contributed by atoms with Crippen LogP contribution in [-0.4, -0.2) is 11.0 Å². The van der Waals surface area contributed by atoms with Gasteiger partial charge in [0, 0.05) is 0 Å². The van der Waals surface area contributed by atoms with Crippen molar-refractivity contribution in [1.29, 1.82) is 0 Å². The predicted molar refractivity (Wildman–Crippen MR) is 96.7 cm³/mol. The molecule has 0 saturated carbocycles. The van der Waals surface area contributed by atoms with Crippen LogP contribution >= 0.6 is 11.3 Å². The zero-order chi connectivity index (χ0) is 17.0. The highest BCUT2D eigenvalue weighted by molar-refractivity contribution is 7.10. The molecule has 3 N–H and O–H groups in total. The third kappa shape index (κ3) is 3.04. The summed E-state index contributed by atoms with van der Waals surface area (Å²) in [6.07, 6.45) is 0. The lowest BCUT2D eigenvalue weighted by atomic mass is 9.91. The Labute approximate surface area is 144 Å². The zero-order valence-electron chi connectivity index (χ0n) is 13.2. The number of carbonyl (C=O) groups is 1. The van der Waals surface area contributed by atoms with Crippen LogP contribution in [0.15, 0.2) is 72.1 Å². The van der Waals surface area contributed by atoms with Crippen LogP contribution in [0.4, 0.5) is 5.69 Å². The van der Waals surface area contributed by atoms with E-state index in [0.29, 0.717) is 10.4 Å². The monoisotopic (exact) mass is 338 g/mol. The van der Waals surface area contributed by atoms with Gasteiger partial charge in [-0.05, 0) is 35.6 Å². The van der Waals surface area contributed by atoms with Crippen LogP contribution in [0, 0.1) is 6.92 Å². The Morgan fingerprint density at radius 1 is 1.00 bits per heavy atom. The van der Waals surface area contributed by atoms with Gasteiger partial charge in [-0.1, -0.05) is 54.6 Å². The van der Waals surface area contributed by atoms with Gasteiger partial charge in [0.05, 0.1) is 10.6 Å². The molecule has 0 spiro atoms. The zero-order valence-corrected chi connectivity index (χ0v) is 14.0. The average molecular weight is 338 g/mol. The van der Waals surface area contributed by atoms with Crippen molar-refractivity contribution in [3.05, 3.63) is 88.1 Å². The number of thiophene rings is 1. The summed E-state index contributed by atoms with van der Waals surface area (Å²) in [7, 11) is 0. The van der Waals surface area contributed by atoms with Gasteiger partial charge in [0.15, 0.2) is 0 Å². The summed E-state index contributed by atoms with van der Waals surface area (Å²) in [5.41, 5.74) is 6.09. The molecule has 0 unspecified atom stereocenters. The Hall–Kier alpha value is -2.63. The maximum atomic E-state index is 12.8. The van der Waals surface area contributed by atoms with Crippen molar-refractivity contribution in [2.45, 2.75) is 12.5 Å². The average Bonchev–Trinajstić information content (AvgIpc) is 3.16. The number of aryl methyl sites for hydroxylation is 1. The molecule has 4 nitrogen and oxygen atoms in total. The first kappa shape index (κ1) is 16.2. The Morgan fingerprint density at radius 3 is 2.38 bits per heavy atom. The smallest absolute Gasteiger partial charge is 0.280 e. The number of amides is 1. The lowest BCUT2D eigenvalue weighted by molar-refractivity contribution is -0.135. The summed E-state index contributed by atoms with van der Waals surface area (Å²) >= 11 is 1.34. The second kappa shape index (κ2) is 6.86. The molecular formula is C19H18N2O2S. The number of para-hydroxylation sites is 1. The second-order valence-electron chi connectivity index (χ2n) is 5.45. The molecule has 24 heavy (non-hydrogen) atoms. The van der Waals surface area contributed by atoms with E-state index in [4.69, 9.17) is 0 Å². The fourth-order valence-electron chi connectivity index (χ4n) is 2.48. The number of aliphatic hydroxyl groups is 1. The third-order valence-electron chi connectivity index (χ3n) is 3.85. The first-order chi connectivity index (χ1) is 11.6. The van der Waals surface area contributed by atoms with Crippen molar-refractivity contribution in [3.63, 3.8) is 0 Å². The van der Waals surface area contributed by atoms with Gasteiger partial charge in [-0.2, -0.15) is 0 Å². The number of hydrazine groups is 1. The van der Waals surface area contributed by atoms with E-state index < -0.39 is 11.5 Å². The SMILES string of the molecule is Cc1ccccc1NNC(=O)[C@](O)(c1ccccc1)c1cccs1. The molecule has 122 valence electrons. The van der Waals surface area contributed by atoms with E-state index in [1.165, 1.54) is 11.3 Å². The van der Waals surface area contributed by atoms with E-state index in [2.05, 4.69) is 10.9 Å². The molecule has 1 atom stereocenters. The van der Waals surface area contributed by atoms with E-state index in [1.54, 1.807) is 30.3 Å². The maximum Gasteiger partial charge on any atom is 0.280 e. The number of carbonyl (C=O) groups excluding carboxylic acids is 1. The standard InChI is InChI=1S/C19H18N2O2S/c1-14-8-5-6-11-16(14)20-21-18(22)19(23,17-12-7-13-24-17)15-9-3-2-4-10-15/h2-13,20,23H,1H3,(H,21,22)/t19-/m0/s1. The molecule has 0 fully saturated rings. The molecule has 0 radical (unpaired) electrons. The van der Waals surface area contributed by atoms with Gasteiger partial charge in [-0.3, -0.25) is 15.6 Å². The fraction of sp³-hybridized carbons (Fsp3) is 0.105. The largest absolute Gasteiger partial charge is 0.371 e. The number of nitrogens with one attached hydrogen (secondary N) is 2. The fourth-order valence-corrected chi connectivity index (χ4v) is 3.32. The molecule has 1 heterocycles. The number of rotatable bonds is 5. The van der Waals surface area contributed by atoms with Gasteiger partial charge < -0.3 is 5.11 Å². The van der Waals surface area contributed by atoms with E-state index in [-0.39, 0.29) is 0 Å². The van der Waals surface area contributed by atoms with E-state index in [1.807, 2.05) is 48.7 Å². The summed E-state index contributed by atoms with van der Waals surface area (Å²) in [6.45, 7) is 1.94. The van der Waals surface area contributed by atoms with Crippen LogP contribution in [0.3, 0.4) is 0 Å². The molecule has 2 aromatic carbocycles. The minimum Gasteiger partial charge on any atom is -0.371 e. The number of benzene rings is 2. The van der Waals surface area contributed by atoms with Crippen molar-refractivity contribution in [2.75, 3.05) is 5.43 Å². The molecule has 0 aliphatic heterocycles. The summed E-state index contributed by atoms with van der Waals surface area (Å²) in [6, 6.07) is 20.1. The topological polar surface area (TPSA) is 61.4 Å². The van der Waals surface area contributed by atoms with E-state index >= 15 is 0 Å². The van der Waals surface area contributed by atoms with Crippen LogP contribution in [0.1, 0.15) is 16.0 Å². The number of hydrogen-bond donors (Lipinski definition) is 3. The van der Waals surface area contributed by atoms with Crippen LogP contribution in [0.25, 0.3) is 0 Å². The molecule has 0 saturated heterocycles. The molecule has 3 aromatic rings. The van der Waals surface area contributed by atoms with Gasteiger partial charge >= 0.3 is 0 Å². The lowest BCUT2D eigenvalue weighted by Crippen LogP contribution is -2.47. The highest BCUT2D eigenvalue weighted by Gasteiger charge is 2.41. The van der Waals surface area contributed by atoms with Crippen LogP contribution in [0.2, 0.25) is 0 Å². The van der Waals surface area contributed by atoms with Crippen LogP contribution in [0.5, 0.6) is 0 Å². The summed E-state index contributed by atoms with van der Waals surface area (Å²) < 4.78 is 0. The molecule has 3 rings (SSSR count). The van der Waals surface area contributed by atoms with Crippen LogP contribution in [-0.2, 0) is 10.4 Å². The Balaban J connectivity index is 1.89. The van der Waals surface area contributed by atoms with E-state index in [9.17, 15) is 9.90 Å². The maximum absolute atomic E-state index is 12.8. The second-order valence-corrected chi connectivity index (χ2v) is 6.40. The van der Waals surface area contributed by atoms with Gasteiger partial charge in [-0.15, -0.1) is 11.3 Å². The summed E-state index contributed by atoms with van der Waals surface area (Å²) in [5.74, 6) is -0.528. The molecule has 1 aromatic heterocycles. The third-order valence-corrected chi connectivity index (χ3v) is 4.83. The highest BCUT2D eigenvalue weighted by atomic mass is 32.1. The number of anilines is 1. The predicted octanol–water partition coefficient (Wildman–Crippen LogP) is 3.44. The lowest BCUT2D eigenvalue weighted by Gasteiger charge is -2.27. The first-order valence-electron chi connectivity index (χ1n) is 7.56. The van der Waals surface area contributed by atoms with Crippen molar-refractivity contribution in [2.24, 2.45) is 0 Å². The quantitative estimate of drug-likeness (QED) is 0.625. The van der Waals surface area contributed by atoms with E-state index in [0.717, 1.165) is 11.3 Å². The molecule has 0 aliphatic rings. The minimum atomic E-state index is -1.74. The molecule has 0 bridgehead atoms. The normalized spacial score (nSPS) is 13.1. The van der Waals surface area contributed by atoms with Crippen LogP contribution < -0.4 is 10.9 Å². The van der Waals surface area contributed by atoms with Gasteiger partial charge in [0.25, 0.3) is 5.91 Å². The molecular weight excluding hydrogens is 320 g/mol. The van der Waals surface area contributed by atoms with Gasteiger partial charge in [0.1, 0.15) is 0 Å². The summed E-state index contributed by atoms with van der Waals surface area (Å²) in [5, 5.41) is 13.1. The minimum absolute atomic E-state index is 0.525.